The van der Waals surface area contributed by atoms with Gasteiger partial charge in [-0.2, -0.15) is 0 Å². The Labute approximate surface area is 148 Å². The molecule has 0 saturated carbocycles. The van der Waals surface area contributed by atoms with Crippen molar-refractivity contribution in [3.05, 3.63) is 0 Å². The number of carbonyl (C=O) groups excluding carboxylic acids is 2. The standard InChI is InChI=1S/C20H38O4/c1-4-7-8-9-10-11-16-23-19(21)14-15-20(22)24-17-18(12-5-2)13-6-3/h18H,4-17H2,1-3H3. The smallest absolute Gasteiger partial charge is 0.306 e. The number of unbranched alkanes of at least 4 members (excludes halogenated alkanes) is 5. The third-order valence-corrected chi connectivity index (χ3v) is 4.17. The van der Waals surface area contributed by atoms with Crippen molar-refractivity contribution < 1.29 is 19.1 Å². The first-order valence-electron chi connectivity index (χ1n) is 9.95. The second-order valence-electron chi connectivity index (χ2n) is 6.61. The van der Waals surface area contributed by atoms with Crippen molar-refractivity contribution in [2.24, 2.45) is 5.92 Å². The van der Waals surface area contributed by atoms with Crippen LogP contribution in [0.3, 0.4) is 0 Å². The van der Waals surface area contributed by atoms with E-state index in [-0.39, 0.29) is 24.8 Å². The van der Waals surface area contributed by atoms with E-state index in [9.17, 15) is 9.59 Å². The Morgan fingerprint density at radius 3 is 1.83 bits per heavy atom. The van der Waals surface area contributed by atoms with E-state index in [1.165, 1.54) is 25.7 Å². The van der Waals surface area contributed by atoms with Crippen LogP contribution in [-0.4, -0.2) is 25.2 Å². The van der Waals surface area contributed by atoms with Crippen molar-refractivity contribution in [2.45, 2.75) is 97.8 Å². The van der Waals surface area contributed by atoms with Gasteiger partial charge in [-0.3, -0.25) is 9.59 Å². The fourth-order valence-corrected chi connectivity index (χ4v) is 2.76. The average molecular weight is 343 g/mol. The number of rotatable bonds is 16. The Morgan fingerprint density at radius 1 is 0.708 bits per heavy atom. The highest BCUT2D eigenvalue weighted by atomic mass is 16.5. The highest BCUT2D eigenvalue weighted by Crippen LogP contribution is 2.14. The van der Waals surface area contributed by atoms with Crippen LogP contribution in [0.25, 0.3) is 0 Å². The lowest BCUT2D eigenvalue weighted by molar-refractivity contribution is -0.151. The fraction of sp³-hybridized carbons (Fsp3) is 0.900. The molecule has 0 aliphatic heterocycles. The van der Waals surface area contributed by atoms with Gasteiger partial charge in [-0.15, -0.1) is 0 Å². The van der Waals surface area contributed by atoms with Gasteiger partial charge in [0.05, 0.1) is 26.1 Å². The molecule has 0 aromatic heterocycles. The van der Waals surface area contributed by atoms with Crippen molar-refractivity contribution in [1.82, 2.24) is 0 Å². The third kappa shape index (κ3) is 14.5. The first kappa shape index (κ1) is 22.9. The SMILES string of the molecule is CCCCCCCCOC(=O)CCC(=O)OCC(CCC)CCC. The molecular formula is C20H38O4. The summed E-state index contributed by atoms with van der Waals surface area (Å²) in [5, 5.41) is 0. The van der Waals surface area contributed by atoms with Gasteiger partial charge >= 0.3 is 11.9 Å². The van der Waals surface area contributed by atoms with Gasteiger partial charge in [-0.25, -0.2) is 0 Å². The van der Waals surface area contributed by atoms with E-state index in [1.807, 2.05) is 0 Å². The third-order valence-electron chi connectivity index (χ3n) is 4.17. The summed E-state index contributed by atoms with van der Waals surface area (Å²) in [6, 6.07) is 0. The monoisotopic (exact) mass is 342 g/mol. The van der Waals surface area contributed by atoms with Crippen LogP contribution in [0, 0.1) is 5.92 Å². The van der Waals surface area contributed by atoms with Crippen LogP contribution in [-0.2, 0) is 19.1 Å². The predicted octanol–water partition coefficient (Wildman–Crippen LogP) is 5.43. The van der Waals surface area contributed by atoms with Crippen LogP contribution in [0.5, 0.6) is 0 Å². The van der Waals surface area contributed by atoms with Crippen molar-refractivity contribution in [2.75, 3.05) is 13.2 Å². The highest BCUT2D eigenvalue weighted by molar-refractivity contribution is 5.77. The van der Waals surface area contributed by atoms with Gasteiger partial charge in [0.25, 0.3) is 0 Å². The topological polar surface area (TPSA) is 52.6 Å². The molecule has 4 nitrogen and oxygen atoms in total. The number of ether oxygens (including phenoxy) is 2. The Bertz CT molecular complexity index is 309. The van der Waals surface area contributed by atoms with Crippen LogP contribution in [0.4, 0.5) is 0 Å². The molecule has 0 aromatic rings. The fourth-order valence-electron chi connectivity index (χ4n) is 2.76. The zero-order valence-corrected chi connectivity index (χ0v) is 16.1. The lowest BCUT2D eigenvalue weighted by Crippen LogP contribution is -2.16. The minimum absolute atomic E-state index is 0.125. The van der Waals surface area contributed by atoms with Crippen molar-refractivity contribution in [1.29, 1.82) is 0 Å². The van der Waals surface area contributed by atoms with Crippen LogP contribution < -0.4 is 0 Å². The molecule has 4 heteroatoms. The summed E-state index contributed by atoms with van der Waals surface area (Å²) in [6.07, 6.45) is 11.6. The molecular weight excluding hydrogens is 304 g/mol. The van der Waals surface area contributed by atoms with Gasteiger partial charge in [-0.1, -0.05) is 65.7 Å². The van der Waals surface area contributed by atoms with E-state index < -0.39 is 0 Å². The second-order valence-corrected chi connectivity index (χ2v) is 6.61. The molecule has 0 rings (SSSR count). The average Bonchev–Trinajstić information content (AvgIpc) is 2.57. The van der Waals surface area contributed by atoms with Gasteiger partial charge in [0.15, 0.2) is 0 Å². The summed E-state index contributed by atoms with van der Waals surface area (Å²) < 4.78 is 10.4. The molecule has 0 saturated heterocycles. The molecule has 0 unspecified atom stereocenters. The van der Waals surface area contributed by atoms with Crippen LogP contribution >= 0.6 is 0 Å². The van der Waals surface area contributed by atoms with Gasteiger partial charge in [0, 0.05) is 0 Å². The quantitative estimate of drug-likeness (QED) is 0.277. The maximum absolute atomic E-state index is 11.7. The van der Waals surface area contributed by atoms with Gasteiger partial charge in [-0.05, 0) is 25.2 Å². The summed E-state index contributed by atoms with van der Waals surface area (Å²) in [6.45, 7) is 7.43. The Kier molecular flexibility index (Phi) is 16.0. The van der Waals surface area contributed by atoms with Crippen molar-refractivity contribution >= 4 is 11.9 Å². The zero-order chi connectivity index (χ0) is 18.0. The second kappa shape index (κ2) is 16.8. The molecule has 24 heavy (non-hydrogen) atoms. The van der Waals surface area contributed by atoms with E-state index in [1.54, 1.807) is 0 Å². The summed E-state index contributed by atoms with van der Waals surface area (Å²) in [5.41, 5.74) is 0. The first-order chi connectivity index (χ1) is 11.6. The summed E-state index contributed by atoms with van der Waals surface area (Å²) >= 11 is 0. The molecule has 0 amide bonds. The molecule has 0 fully saturated rings. The Morgan fingerprint density at radius 2 is 1.25 bits per heavy atom. The Hall–Kier alpha value is -1.06. The minimum atomic E-state index is -0.292. The lowest BCUT2D eigenvalue weighted by atomic mass is 9.99. The number of hydrogen-bond donors (Lipinski definition) is 0. The number of hydrogen-bond acceptors (Lipinski definition) is 4. The predicted molar refractivity (Wildman–Crippen MR) is 97.8 cm³/mol. The molecule has 0 atom stereocenters. The van der Waals surface area contributed by atoms with Crippen molar-refractivity contribution in [3.63, 3.8) is 0 Å². The van der Waals surface area contributed by atoms with E-state index in [4.69, 9.17) is 9.47 Å². The highest BCUT2D eigenvalue weighted by Gasteiger charge is 2.12. The van der Waals surface area contributed by atoms with E-state index in [0.29, 0.717) is 19.1 Å². The number of esters is 2. The summed E-state index contributed by atoms with van der Waals surface area (Å²) in [7, 11) is 0. The molecule has 0 radical (unpaired) electrons. The molecule has 0 heterocycles. The normalized spacial score (nSPS) is 10.8. The molecule has 142 valence electrons. The largest absolute Gasteiger partial charge is 0.466 e. The lowest BCUT2D eigenvalue weighted by Gasteiger charge is -2.15. The van der Waals surface area contributed by atoms with Gasteiger partial charge in [0.2, 0.25) is 0 Å². The summed E-state index contributed by atoms with van der Waals surface area (Å²) in [5.74, 6) is -0.133. The molecule has 0 bridgehead atoms. The molecule has 0 aliphatic carbocycles. The Balaban J connectivity index is 3.61. The van der Waals surface area contributed by atoms with E-state index in [0.717, 1.165) is 38.5 Å². The molecule has 0 aliphatic rings. The van der Waals surface area contributed by atoms with Crippen molar-refractivity contribution in [3.8, 4) is 0 Å². The summed E-state index contributed by atoms with van der Waals surface area (Å²) in [4.78, 5) is 23.3. The number of carbonyl (C=O) groups is 2. The maximum Gasteiger partial charge on any atom is 0.306 e. The molecule has 0 aromatic carbocycles. The van der Waals surface area contributed by atoms with E-state index >= 15 is 0 Å². The van der Waals surface area contributed by atoms with Crippen LogP contribution in [0.15, 0.2) is 0 Å². The molecule has 0 N–H and O–H groups in total. The maximum atomic E-state index is 11.7. The van der Waals surface area contributed by atoms with Crippen LogP contribution in [0.1, 0.15) is 97.8 Å². The zero-order valence-electron chi connectivity index (χ0n) is 16.1. The van der Waals surface area contributed by atoms with E-state index in [2.05, 4.69) is 20.8 Å². The first-order valence-corrected chi connectivity index (χ1v) is 9.95. The van der Waals surface area contributed by atoms with Gasteiger partial charge < -0.3 is 9.47 Å². The van der Waals surface area contributed by atoms with Gasteiger partial charge in [0.1, 0.15) is 0 Å². The minimum Gasteiger partial charge on any atom is -0.466 e. The molecule has 0 spiro atoms. The van der Waals surface area contributed by atoms with Crippen LogP contribution in [0.2, 0.25) is 0 Å².